The Morgan fingerprint density at radius 3 is 2.40 bits per heavy atom. The second-order valence-corrected chi connectivity index (χ2v) is 23.2. The van der Waals surface area contributed by atoms with Crippen LogP contribution < -0.4 is 32.0 Å². The van der Waals surface area contributed by atoms with Gasteiger partial charge in [-0.15, -0.1) is 11.3 Å². The van der Waals surface area contributed by atoms with Crippen LogP contribution in [0.3, 0.4) is 0 Å². The van der Waals surface area contributed by atoms with Crippen LogP contribution in [-0.4, -0.2) is 119 Å². The maximum absolute atomic E-state index is 15.4. The summed E-state index contributed by atoms with van der Waals surface area (Å²) in [6.45, 7) is 11.3. The van der Waals surface area contributed by atoms with E-state index in [1.54, 1.807) is 67.3 Å². The predicted molar refractivity (Wildman–Crippen MR) is 308 cm³/mol. The molecule has 3 fully saturated rings. The molecule has 3 amide bonds. The number of thiazole rings is 1. The summed E-state index contributed by atoms with van der Waals surface area (Å²) >= 11 is 1.57. The molecule has 3 atom stereocenters. The van der Waals surface area contributed by atoms with Gasteiger partial charge in [-0.05, 0) is 103 Å². The number of piperazine rings is 1. The van der Waals surface area contributed by atoms with Gasteiger partial charge in [0.05, 0.1) is 57.4 Å². The minimum absolute atomic E-state index is 0.00314. The van der Waals surface area contributed by atoms with E-state index in [4.69, 9.17) is 0 Å². The Kier molecular flexibility index (Phi) is 16.4. The number of hydrogen-bond donors (Lipinski definition) is 5. The second kappa shape index (κ2) is 23.6. The zero-order chi connectivity index (χ0) is 56.4. The highest BCUT2D eigenvalue weighted by atomic mass is 32.1. The van der Waals surface area contributed by atoms with Gasteiger partial charge in [0.25, 0.3) is 11.1 Å². The molecule has 7 aromatic rings. The quantitative estimate of drug-likeness (QED) is 0.0551. The second-order valence-electron chi connectivity index (χ2n) is 22.3. The molecular formula is C60H68FN11O7S. The number of likely N-dealkylation sites (tertiary alicyclic amines) is 1. The molecule has 0 unspecified atom stereocenters. The molecule has 0 radical (unpaired) electrons. The molecule has 3 aliphatic rings. The van der Waals surface area contributed by atoms with E-state index < -0.39 is 53.1 Å². The Morgan fingerprint density at radius 2 is 1.71 bits per heavy atom. The first-order chi connectivity index (χ1) is 38.4. The van der Waals surface area contributed by atoms with E-state index >= 15 is 4.39 Å². The zero-order valence-corrected chi connectivity index (χ0v) is 46.6. The summed E-state index contributed by atoms with van der Waals surface area (Å²) in [5.74, 6) is -0.821. The number of aromatic nitrogens is 5. The predicted octanol–water partition coefficient (Wildman–Crippen LogP) is 6.93. The first-order valence-corrected chi connectivity index (χ1v) is 28.2. The van der Waals surface area contributed by atoms with Crippen molar-refractivity contribution in [3.63, 3.8) is 0 Å². The van der Waals surface area contributed by atoms with Crippen LogP contribution in [0.2, 0.25) is 0 Å². The number of halogens is 1. The molecule has 80 heavy (non-hydrogen) atoms. The number of hydrogen-bond acceptors (Lipinski definition) is 14. The number of nitrogens with one attached hydrogen (secondary N) is 3. The third kappa shape index (κ3) is 12.2. The maximum Gasteiger partial charge on any atom is 0.293 e. The van der Waals surface area contributed by atoms with Crippen molar-refractivity contribution in [2.45, 2.75) is 103 Å². The van der Waals surface area contributed by atoms with Crippen LogP contribution in [-0.2, 0) is 34.6 Å². The summed E-state index contributed by atoms with van der Waals surface area (Å²) in [5, 5.41) is 30.9. The largest absolute Gasteiger partial charge is 0.392 e. The van der Waals surface area contributed by atoms with Gasteiger partial charge in [-0.2, -0.15) is 0 Å². The first-order valence-electron chi connectivity index (χ1n) is 27.4. The number of aliphatic hydroxyl groups is 2. The van der Waals surface area contributed by atoms with E-state index in [1.165, 1.54) is 20.1 Å². The van der Waals surface area contributed by atoms with E-state index in [0.717, 1.165) is 84.9 Å². The van der Waals surface area contributed by atoms with Crippen molar-refractivity contribution >= 4 is 57.2 Å². The van der Waals surface area contributed by atoms with E-state index in [2.05, 4.69) is 40.7 Å². The number of benzene rings is 3. The minimum atomic E-state index is -0.899. The number of aliphatic hydroxyl groups excluding tert-OH is 2. The third-order valence-corrected chi connectivity index (χ3v) is 16.5. The Morgan fingerprint density at radius 1 is 0.938 bits per heavy atom. The average Bonchev–Trinajstić information content (AvgIpc) is 4.18. The number of pyridine rings is 2. The Labute approximate surface area is 467 Å². The number of rotatable bonds is 18. The SMILES string of the molecule is Cc1ncsc1-c1ccc(CNC(=O)[C@@H]2C[C@@H](O)CN2C(=O)[C@@H](NC(=O)CCCCN2CCN(c3ccc(Nc4nc(-c5cccc(-n6ccc7cc(C8CC8)cc(F)c7c6=O)c5CO)cn(C)c4=O)nc3)CC2)C(C)(C)C)cc1. The smallest absolute Gasteiger partial charge is 0.293 e. The molecule has 20 heteroatoms. The van der Waals surface area contributed by atoms with Crippen LogP contribution in [0.1, 0.15) is 87.6 Å². The van der Waals surface area contributed by atoms with Crippen molar-refractivity contribution in [2.75, 3.05) is 49.5 Å². The lowest BCUT2D eigenvalue weighted by molar-refractivity contribution is -0.144. The van der Waals surface area contributed by atoms with Crippen LogP contribution in [0.15, 0.2) is 106 Å². The van der Waals surface area contributed by atoms with Crippen LogP contribution >= 0.6 is 11.3 Å². The fraction of sp³-hybridized carbons (Fsp3) is 0.400. The molecule has 0 bridgehead atoms. The van der Waals surface area contributed by atoms with Gasteiger partial charge >= 0.3 is 0 Å². The topological polar surface area (TPSA) is 220 Å². The fourth-order valence-corrected chi connectivity index (χ4v) is 11.7. The maximum atomic E-state index is 15.4. The normalized spacial score (nSPS) is 17.2. The summed E-state index contributed by atoms with van der Waals surface area (Å²) < 4.78 is 18.2. The van der Waals surface area contributed by atoms with Crippen molar-refractivity contribution < 1.29 is 29.0 Å². The summed E-state index contributed by atoms with van der Waals surface area (Å²) in [7, 11) is 1.60. The van der Waals surface area contributed by atoms with Crippen molar-refractivity contribution in [1.82, 2.24) is 44.5 Å². The Hall–Kier alpha value is -7.65. The number of fused-ring (bicyclic) bond motifs is 1. The number of amides is 3. The molecule has 18 nitrogen and oxygen atoms in total. The molecule has 1 saturated carbocycles. The van der Waals surface area contributed by atoms with Crippen molar-refractivity contribution in [1.29, 1.82) is 0 Å². The van der Waals surface area contributed by atoms with Gasteiger partial charge in [-0.3, -0.25) is 33.4 Å². The van der Waals surface area contributed by atoms with Gasteiger partial charge in [0.2, 0.25) is 17.7 Å². The van der Waals surface area contributed by atoms with Gasteiger partial charge < -0.3 is 40.5 Å². The molecule has 1 aliphatic carbocycles. The highest BCUT2D eigenvalue weighted by Crippen LogP contribution is 2.41. The van der Waals surface area contributed by atoms with Gasteiger partial charge in [-0.25, -0.2) is 19.3 Å². The molecule has 10 rings (SSSR count). The van der Waals surface area contributed by atoms with Crippen molar-refractivity contribution in [2.24, 2.45) is 12.5 Å². The molecule has 4 aromatic heterocycles. The summed E-state index contributed by atoms with van der Waals surface area (Å²) in [6.07, 6.45) is 7.81. The summed E-state index contributed by atoms with van der Waals surface area (Å²) in [6, 6.07) is 20.1. The molecule has 2 saturated heterocycles. The average molecular weight is 1110 g/mol. The van der Waals surface area contributed by atoms with Gasteiger partial charge in [-0.1, -0.05) is 63.2 Å². The minimum Gasteiger partial charge on any atom is -0.392 e. The summed E-state index contributed by atoms with van der Waals surface area (Å²) in [4.78, 5) is 89.1. The molecular weight excluding hydrogens is 1040 g/mol. The molecule has 3 aromatic carbocycles. The molecule has 6 heterocycles. The number of carbonyl (C=O) groups is 3. The Bertz CT molecular complexity index is 3550. The zero-order valence-electron chi connectivity index (χ0n) is 45.7. The number of anilines is 3. The molecule has 0 spiro atoms. The van der Waals surface area contributed by atoms with Crippen LogP contribution in [0.4, 0.5) is 21.7 Å². The molecule has 418 valence electrons. The number of nitrogens with zero attached hydrogens (tertiary/aromatic N) is 8. The number of β-amino-alcohol motifs (C(OH)–C–C–N with tert-alkyl or cyclic N) is 1. The van der Waals surface area contributed by atoms with E-state index in [0.29, 0.717) is 46.1 Å². The van der Waals surface area contributed by atoms with E-state index in [-0.39, 0.29) is 48.9 Å². The highest BCUT2D eigenvalue weighted by molar-refractivity contribution is 7.13. The molecule has 2 aliphatic heterocycles. The van der Waals surface area contributed by atoms with E-state index in [9.17, 15) is 34.2 Å². The number of carbonyl (C=O) groups excluding carboxylic acids is 3. The van der Waals surface area contributed by atoms with Crippen molar-refractivity contribution in [3.8, 4) is 27.4 Å². The monoisotopic (exact) mass is 1110 g/mol. The van der Waals surface area contributed by atoms with Crippen LogP contribution in [0.25, 0.3) is 38.2 Å². The van der Waals surface area contributed by atoms with Crippen molar-refractivity contribution in [3.05, 3.63) is 146 Å². The lowest BCUT2D eigenvalue weighted by atomic mass is 9.85. The van der Waals surface area contributed by atoms with E-state index in [1.807, 2.05) is 69.6 Å². The number of aryl methyl sites for hydroxylation is 2. The van der Waals surface area contributed by atoms with Crippen LogP contribution in [0.5, 0.6) is 0 Å². The standard InChI is InChI=1S/C60H68FN11O7S/c1-36-53(80-35-64-36)39-14-12-37(13-15-39)30-63-56(76)49-29-43(74)32-72(49)58(78)54(60(2,3)4)67-51(75)11-6-7-21-69-23-25-70(26-24-69)42-18-19-50(62-31-42)66-55-59(79)68(5)33-47(65-55)44-9-8-10-48(45(44)34-73)71-22-20-40-27-41(38-16-17-38)28-46(61)52(40)57(71)77/h8-10,12-15,18-20,22,27-28,31,33,35,38,43,49,54,73-74H,6-7,11,16-17,21,23-26,29-30,32,34H2,1-5H3,(H,63,76)(H,67,75)(H,62,65,66)/t43-,49+,54-/m1/s1. The lowest BCUT2D eigenvalue weighted by Gasteiger charge is -2.36. The van der Waals surface area contributed by atoms with Gasteiger partial charge in [0, 0.05) is 82.7 Å². The summed E-state index contributed by atoms with van der Waals surface area (Å²) in [5.41, 5.74) is 6.52. The first kappa shape index (κ1) is 55.7. The van der Waals surface area contributed by atoms with Gasteiger partial charge in [0.1, 0.15) is 23.7 Å². The number of unbranched alkanes of at least 4 members (excludes halogenated alkanes) is 1. The third-order valence-electron chi connectivity index (χ3n) is 15.5. The highest BCUT2D eigenvalue weighted by Gasteiger charge is 2.44. The fourth-order valence-electron chi connectivity index (χ4n) is 10.8. The van der Waals surface area contributed by atoms with Gasteiger partial charge in [0.15, 0.2) is 5.82 Å². The lowest BCUT2D eigenvalue weighted by Crippen LogP contribution is -2.57. The van der Waals surface area contributed by atoms with Crippen LogP contribution in [0, 0.1) is 18.2 Å². The Balaban J connectivity index is 0.694. The molecule has 5 N–H and O–H groups in total.